The zero-order chi connectivity index (χ0) is 51.1. The zero-order valence-corrected chi connectivity index (χ0v) is 39.8. The molecule has 0 saturated carbocycles. The van der Waals surface area contributed by atoms with Crippen molar-refractivity contribution >= 4 is 29.7 Å². The molecule has 20 unspecified atom stereocenters. The molecule has 0 radical (unpaired) electrons. The van der Waals surface area contributed by atoms with E-state index in [1.165, 1.54) is 6.92 Å². The molecule has 0 aromatic carbocycles. The first kappa shape index (κ1) is 57.3. The van der Waals surface area contributed by atoms with Crippen molar-refractivity contribution in [3.05, 3.63) is 0 Å². The first-order valence-electron chi connectivity index (χ1n) is 22.8. The number of rotatable bonds is 19. The second kappa shape index (κ2) is 25.2. The molecule has 26 nitrogen and oxygen atoms in total. The number of urea groups is 1. The fourth-order valence-corrected chi connectivity index (χ4v) is 8.98. The van der Waals surface area contributed by atoms with E-state index in [9.17, 15) is 69.9 Å². The van der Waals surface area contributed by atoms with Crippen LogP contribution in [0.25, 0.3) is 0 Å². The van der Waals surface area contributed by atoms with E-state index in [1.807, 2.05) is 0 Å². The topological polar surface area (TPSA) is 375 Å². The van der Waals surface area contributed by atoms with Gasteiger partial charge in [0, 0.05) is 32.9 Å². The second-order valence-corrected chi connectivity index (χ2v) is 18.5. The van der Waals surface area contributed by atoms with E-state index in [4.69, 9.17) is 33.2 Å². The number of carbonyl (C=O) groups excluding carboxylic acids is 4. The fourth-order valence-electron chi connectivity index (χ4n) is 8.98. The Morgan fingerprint density at radius 1 is 0.618 bits per heavy atom. The average molecular weight is 984 g/mol. The second-order valence-electron chi connectivity index (χ2n) is 18.5. The lowest BCUT2D eigenvalue weighted by Gasteiger charge is -2.51. The van der Waals surface area contributed by atoms with Crippen molar-refractivity contribution in [2.75, 3.05) is 46.9 Å². The third-order valence-corrected chi connectivity index (χ3v) is 12.3. The van der Waals surface area contributed by atoms with E-state index in [-0.39, 0.29) is 25.4 Å². The Hall–Kier alpha value is -3.29. The quantitative estimate of drug-likeness (QED) is 0.0575. The lowest BCUT2D eigenvalue weighted by Crippen LogP contribution is -2.71. The van der Waals surface area contributed by atoms with Crippen LogP contribution < -0.4 is 16.0 Å². The van der Waals surface area contributed by atoms with Gasteiger partial charge in [0.05, 0.1) is 31.5 Å². The number of ether oxygens (including phenoxy) is 7. The van der Waals surface area contributed by atoms with Crippen LogP contribution in [0.4, 0.5) is 4.79 Å². The molecule has 0 aliphatic carbocycles. The number of carbonyl (C=O) groups is 5. The number of carboxylic acid groups (broad SMARTS) is 1. The number of hydrogen-bond donors (Lipinski definition) is 12. The molecule has 0 aromatic heterocycles. The molecule has 12 N–H and O–H groups in total. The van der Waals surface area contributed by atoms with E-state index < -0.39 is 171 Å². The smallest absolute Gasteiger partial charge is 0.333 e. The Balaban J connectivity index is 1.81. The van der Waals surface area contributed by atoms with Gasteiger partial charge in [0.15, 0.2) is 31.1 Å². The zero-order valence-electron chi connectivity index (χ0n) is 39.8. The first-order valence-corrected chi connectivity index (χ1v) is 22.8. The molecule has 5 amide bonds. The Bertz CT molecular complexity index is 1680. The number of hydrogen-bond acceptors (Lipinski definition) is 21. The molecule has 392 valence electrons. The van der Waals surface area contributed by atoms with E-state index in [1.54, 1.807) is 53.6 Å². The lowest BCUT2D eigenvalue weighted by molar-refractivity contribution is -0.365. The van der Waals surface area contributed by atoms with Gasteiger partial charge < -0.3 is 100.0 Å². The number of aliphatic carboxylic acids is 1. The van der Waals surface area contributed by atoms with Crippen molar-refractivity contribution in [3.8, 4) is 0 Å². The molecule has 4 fully saturated rings. The van der Waals surface area contributed by atoms with Gasteiger partial charge in [0.1, 0.15) is 67.1 Å². The summed E-state index contributed by atoms with van der Waals surface area (Å²) in [6.45, 7) is 9.03. The third-order valence-electron chi connectivity index (χ3n) is 12.3. The number of nitrogens with zero attached hydrogens (tertiary/aromatic N) is 2. The summed E-state index contributed by atoms with van der Waals surface area (Å²) in [5.74, 6) is -6.09. The van der Waals surface area contributed by atoms with Crippen molar-refractivity contribution in [1.82, 2.24) is 25.8 Å². The molecule has 0 spiro atoms. The molecule has 68 heavy (non-hydrogen) atoms. The summed E-state index contributed by atoms with van der Waals surface area (Å²) in [5.41, 5.74) is 0. The number of imide groups is 1. The van der Waals surface area contributed by atoms with Crippen LogP contribution in [-0.2, 0) is 52.3 Å². The monoisotopic (exact) mass is 983 g/mol. The highest BCUT2D eigenvalue weighted by molar-refractivity contribution is 5.97. The SMILES string of the molecule is CCNC(=O)N(CCCN(C)C)C(=O)C1OC(OC2C(O)C(CO)OC(C(C)C)C2NC(C)=O)C(O)C(O)C1OC1OC(CO)C(O)C(OC2OC(C(=O)O)C(C(C)C)C(O)C2O)C1NC(C)=O. The van der Waals surface area contributed by atoms with Crippen molar-refractivity contribution in [2.45, 2.75) is 171 Å². The highest BCUT2D eigenvalue weighted by atomic mass is 16.8. The van der Waals surface area contributed by atoms with Gasteiger partial charge in [-0.3, -0.25) is 19.3 Å². The third kappa shape index (κ3) is 13.4. The van der Waals surface area contributed by atoms with Crippen LogP contribution in [0, 0.1) is 17.8 Å². The van der Waals surface area contributed by atoms with Crippen molar-refractivity contribution in [1.29, 1.82) is 0 Å². The van der Waals surface area contributed by atoms with Gasteiger partial charge >= 0.3 is 12.0 Å². The van der Waals surface area contributed by atoms with Crippen LogP contribution in [0.1, 0.15) is 54.9 Å². The molecular formula is C42H73N5O21. The maximum absolute atomic E-state index is 14.8. The predicted octanol–water partition coefficient (Wildman–Crippen LogP) is -5.23. The molecule has 26 heteroatoms. The normalized spacial score (nSPS) is 38.8. The van der Waals surface area contributed by atoms with Crippen LogP contribution in [0.15, 0.2) is 0 Å². The highest BCUT2D eigenvalue weighted by Gasteiger charge is 2.58. The highest BCUT2D eigenvalue weighted by Crippen LogP contribution is 2.37. The average Bonchev–Trinajstić information content (AvgIpc) is 3.25. The Labute approximate surface area is 394 Å². The maximum Gasteiger partial charge on any atom is 0.333 e. The van der Waals surface area contributed by atoms with Crippen LogP contribution in [0.2, 0.25) is 0 Å². The van der Waals surface area contributed by atoms with E-state index in [0.29, 0.717) is 6.54 Å². The molecule has 4 aliphatic rings. The van der Waals surface area contributed by atoms with Gasteiger partial charge in [-0.05, 0) is 45.8 Å². The first-order chi connectivity index (χ1) is 31.9. The Morgan fingerprint density at radius 3 is 1.60 bits per heavy atom. The molecular weight excluding hydrogens is 910 g/mol. The van der Waals surface area contributed by atoms with Crippen molar-refractivity contribution in [2.24, 2.45) is 17.8 Å². The van der Waals surface area contributed by atoms with Gasteiger partial charge in [-0.25, -0.2) is 9.59 Å². The lowest BCUT2D eigenvalue weighted by atomic mass is 9.80. The van der Waals surface area contributed by atoms with Gasteiger partial charge in [0.2, 0.25) is 11.8 Å². The largest absolute Gasteiger partial charge is 0.479 e. The molecule has 4 saturated heterocycles. The summed E-state index contributed by atoms with van der Waals surface area (Å²) in [6, 6.07) is -3.82. The number of carboxylic acids is 1. The maximum atomic E-state index is 14.8. The van der Waals surface area contributed by atoms with Gasteiger partial charge in [-0.1, -0.05) is 27.7 Å². The van der Waals surface area contributed by atoms with Crippen LogP contribution in [0.3, 0.4) is 0 Å². The van der Waals surface area contributed by atoms with E-state index in [0.717, 1.165) is 11.8 Å². The summed E-state index contributed by atoms with van der Waals surface area (Å²) < 4.78 is 42.0. The summed E-state index contributed by atoms with van der Waals surface area (Å²) in [4.78, 5) is 68.6. The molecule has 0 aromatic rings. The molecule has 4 heterocycles. The standard InChI is InChI=1S/C42H73N5O21/c1-10-43-42(61)47(13-11-12-46(8)9)37(58)36-35(28(55)30(57)41(68-36)65-33-23(44-18(6)50)31(17(4)5)62-20(14-48)25(33)52)67-39-24(45-19(7)51)34(26(53)21(15-49)63-39)66-40-29(56)27(54)22(16(2)3)32(64-40)38(59)60/h16-17,20-36,39-41,48-49,52-57H,10-15H2,1-9H3,(H,43,61)(H,44,50)(H,45,51)(H,59,60). The fraction of sp³-hybridized carbons (Fsp3) is 0.881. The molecule has 4 rings (SSSR count). The van der Waals surface area contributed by atoms with Crippen molar-refractivity contribution < 1.29 is 103 Å². The van der Waals surface area contributed by atoms with Gasteiger partial charge in [-0.2, -0.15) is 0 Å². The van der Waals surface area contributed by atoms with Gasteiger partial charge in [-0.15, -0.1) is 0 Å². The minimum atomic E-state index is -2.25. The van der Waals surface area contributed by atoms with Crippen molar-refractivity contribution in [3.63, 3.8) is 0 Å². The molecule has 4 aliphatic heterocycles. The van der Waals surface area contributed by atoms with E-state index in [2.05, 4.69) is 16.0 Å². The van der Waals surface area contributed by atoms with Crippen LogP contribution in [0.5, 0.6) is 0 Å². The summed E-state index contributed by atoms with van der Waals surface area (Å²) in [5, 5.41) is 107. The molecule has 0 bridgehead atoms. The summed E-state index contributed by atoms with van der Waals surface area (Å²) >= 11 is 0. The van der Waals surface area contributed by atoms with Crippen LogP contribution >= 0.6 is 0 Å². The predicted molar refractivity (Wildman–Crippen MR) is 229 cm³/mol. The molecule has 20 atom stereocenters. The minimum Gasteiger partial charge on any atom is -0.479 e. The summed E-state index contributed by atoms with van der Waals surface area (Å²) in [6.07, 6.45) is -30.8. The van der Waals surface area contributed by atoms with Crippen LogP contribution in [-0.4, -0.2) is 249 Å². The minimum absolute atomic E-state index is 0.0619. The number of aliphatic hydroxyl groups excluding tert-OH is 8. The Morgan fingerprint density at radius 2 is 1.12 bits per heavy atom. The summed E-state index contributed by atoms with van der Waals surface area (Å²) in [7, 11) is 3.52. The number of nitrogens with one attached hydrogen (secondary N) is 3. The Kier molecular flexibility index (Phi) is 21.2. The van der Waals surface area contributed by atoms with Gasteiger partial charge in [0.25, 0.3) is 5.91 Å². The van der Waals surface area contributed by atoms with E-state index >= 15 is 0 Å². The number of aliphatic hydroxyl groups is 8. The number of amides is 5.